The first kappa shape index (κ1) is 8.77. The summed E-state index contributed by atoms with van der Waals surface area (Å²) in [6.07, 6.45) is 0.912. The molecule has 74 valence electrons. The van der Waals surface area contributed by atoms with E-state index in [1.54, 1.807) is 0 Å². The van der Waals surface area contributed by atoms with Gasteiger partial charge in [0.2, 0.25) is 0 Å². The van der Waals surface area contributed by atoms with Gasteiger partial charge in [0.1, 0.15) is 0 Å². The van der Waals surface area contributed by atoms with E-state index in [-0.39, 0.29) is 11.6 Å². The van der Waals surface area contributed by atoms with Crippen LogP contribution in [0.1, 0.15) is 12.8 Å². The second-order valence-corrected chi connectivity index (χ2v) is 3.94. The molecule has 13 heavy (non-hydrogen) atoms. The topological polar surface area (TPSA) is 72.8 Å². The number of likely N-dealkylation sites (tertiary alicyclic amines) is 1. The fraction of sp³-hybridized carbons (Fsp3) is 0.875. The number of carbonyl (C=O) groups is 1. The van der Waals surface area contributed by atoms with Crippen LogP contribution >= 0.6 is 0 Å². The van der Waals surface area contributed by atoms with Crippen LogP contribution in [-0.2, 0) is 0 Å². The number of amides is 1. The number of nitrogens with zero attached hydrogens (tertiary/aromatic N) is 1. The van der Waals surface area contributed by atoms with E-state index in [0.717, 1.165) is 12.8 Å². The quantitative estimate of drug-likeness (QED) is 0.553. The van der Waals surface area contributed by atoms with Gasteiger partial charge in [0.05, 0.1) is 6.10 Å². The highest BCUT2D eigenvalue weighted by Crippen LogP contribution is 2.43. The highest BCUT2D eigenvalue weighted by Gasteiger charge is 2.51. The zero-order valence-corrected chi connectivity index (χ0v) is 7.36. The average Bonchev–Trinajstić information content (AvgIpc) is 2.76. The number of aliphatic hydroxyl groups is 1. The van der Waals surface area contributed by atoms with Crippen LogP contribution in [0, 0.1) is 0 Å². The van der Waals surface area contributed by atoms with Crippen molar-refractivity contribution in [3.8, 4) is 0 Å². The maximum Gasteiger partial charge on any atom is 0.404 e. The van der Waals surface area contributed by atoms with Gasteiger partial charge in [0.15, 0.2) is 0 Å². The van der Waals surface area contributed by atoms with Gasteiger partial charge in [-0.1, -0.05) is 0 Å². The van der Waals surface area contributed by atoms with Gasteiger partial charge < -0.3 is 15.5 Å². The maximum absolute atomic E-state index is 10.3. The molecule has 0 unspecified atom stereocenters. The summed E-state index contributed by atoms with van der Waals surface area (Å²) in [5.74, 6) is 0. The molecule has 5 nitrogen and oxygen atoms in total. The van der Waals surface area contributed by atoms with Crippen molar-refractivity contribution in [2.75, 3.05) is 19.6 Å². The van der Waals surface area contributed by atoms with Gasteiger partial charge in [0, 0.05) is 25.2 Å². The zero-order chi connectivity index (χ0) is 9.47. The van der Waals surface area contributed by atoms with Crippen LogP contribution in [-0.4, -0.2) is 52.5 Å². The number of β-amino-alcohol motifs (C(OH)–C–C–N with tert-alkyl or cyclic N) is 1. The summed E-state index contributed by atoms with van der Waals surface area (Å²) in [6, 6.07) is 0. The number of carboxylic acid groups (broad SMARTS) is 1. The number of hydrogen-bond acceptors (Lipinski definition) is 3. The number of nitrogens with one attached hydrogen (secondary N) is 1. The lowest BCUT2D eigenvalue weighted by molar-refractivity contribution is -0.0325. The fourth-order valence-electron chi connectivity index (χ4n) is 1.83. The molecule has 0 aromatic heterocycles. The molecule has 2 rings (SSSR count). The lowest BCUT2D eigenvalue weighted by Crippen LogP contribution is -2.59. The lowest BCUT2D eigenvalue weighted by Gasteiger charge is -2.42. The van der Waals surface area contributed by atoms with Crippen LogP contribution in [0.5, 0.6) is 0 Å². The van der Waals surface area contributed by atoms with Gasteiger partial charge in [-0.2, -0.15) is 0 Å². The van der Waals surface area contributed by atoms with E-state index in [2.05, 4.69) is 10.2 Å². The molecular formula is C8H14N2O3. The SMILES string of the molecule is O=C(O)NCC1(N2CC(O)C2)CC1. The Bertz CT molecular complexity index is 221. The van der Waals surface area contributed by atoms with E-state index < -0.39 is 6.09 Å². The van der Waals surface area contributed by atoms with Gasteiger partial charge in [0.25, 0.3) is 0 Å². The van der Waals surface area contributed by atoms with Crippen LogP contribution < -0.4 is 5.32 Å². The van der Waals surface area contributed by atoms with Crippen molar-refractivity contribution in [3.05, 3.63) is 0 Å². The number of hydrogen-bond donors (Lipinski definition) is 3. The predicted molar refractivity (Wildman–Crippen MR) is 45.6 cm³/mol. The van der Waals surface area contributed by atoms with E-state index in [9.17, 15) is 4.79 Å². The summed E-state index contributed by atoms with van der Waals surface area (Å²) in [7, 11) is 0. The highest BCUT2D eigenvalue weighted by molar-refractivity contribution is 5.64. The van der Waals surface area contributed by atoms with Crippen LogP contribution in [0.2, 0.25) is 0 Å². The van der Waals surface area contributed by atoms with Crippen molar-refractivity contribution in [2.24, 2.45) is 0 Å². The first-order valence-corrected chi connectivity index (χ1v) is 4.52. The van der Waals surface area contributed by atoms with Crippen molar-refractivity contribution in [1.29, 1.82) is 0 Å². The van der Waals surface area contributed by atoms with Crippen LogP contribution in [0.15, 0.2) is 0 Å². The molecule has 0 aromatic carbocycles. The molecule has 1 aliphatic heterocycles. The minimum absolute atomic E-state index is 0.0393. The summed E-state index contributed by atoms with van der Waals surface area (Å²) >= 11 is 0. The van der Waals surface area contributed by atoms with Crippen LogP contribution in [0.25, 0.3) is 0 Å². The molecule has 1 saturated carbocycles. The van der Waals surface area contributed by atoms with Gasteiger partial charge in [-0.15, -0.1) is 0 Å². The molecule has 5 heteroatoms. The van der Waals surface area contributed by atoms with Crippen LogP contribution in [0.4, 0.5) is 4.79 Å². The van der Waals surface area contributed by atoms with E-state index in [1.165, 1.54) is 0 Å². The third-order valence-electron chi connectivity index (χ3n) is 2.93. The maximum atomic E-state index is 10.3. The molecule has 2 aliphatic rings. The largest absolute Gasteiger partial charge is 0.465 e. The Kier molecular flexibility index (Phi) is 1.92. The molecule has 1 heterocycles. The van der Waals surface area contributed by atoms with E-state index in [1.807, 2.05) is 0 Å². The third-order valence-corrected chi connectivity index (χ3v) is 2.93. The highest BCUT2D eigenvalue weighted by atomic mass is 16.4. The Balaban J connectivity index is 1.80. The molecule has 3 N–H and O–H groups in total. The Morgan fingerprint density at radius 2 is 2.15 bits per heavy atom. The van der Waals surface area contributed by atoms with Crippen molar-refractivity contribution in [3.63, 3.8) is 0 Å². The smallest absolute Gasteiger partial charge is 0.404 e. The molecule has 0 atom stereocenters. The molecule has 1 saturated heterocycles. The first-order valence-electron chi connectivity index (χ1n) is 4.52. The fourth-order valence-corrected chi connectivity index (χ4v) is 1.83. The number of aliphatic hydroxyl groups excluding tert-OH is 1. The molecule has 2 fully saturated rings. The predicted octanol–water partition coefficient (Wildman–Crippen LogP) is -0.537. The zero-order valence-electron chi connectivity index (χ0n) is 7.36. The Morgan fingerprint density at radius 1 is 1.54 bits per heavy atom. The van der Waals surface area contributed by atoms with Gasteiger partial charge >= 0.3 is 6.09 Å². The van der Waals surface area contributed by atoms with E-state index in [0.29, 0.717) is 19.6 Å². The normalized spacial score (nSPS) is 26.5. The van der Waals surface area contributed by atoms with E-state index >= 15 is 0 Å². The summed E-state index contributed by atoms with van der Waals surface area (Å²) in [5.41, 5.74) is 0.0393. The summed E-state index contributed by atoms with van der Waals surface area (Å²) in [6.45, 7) is 1.89. The van der Waals surface area contributed by atoms with Crippen molar-refractivity contribution in [1.82, 2.24) is 10.2 Å². The standard InChI is InChI=1S/C8H14N2O3/c11-6-3-10(4-6)8(1-2-8)5-9-7(12)13/h6,9,11H,1-5H2,(H,12,13). The monoisotopic (exact) mass is 186 g/mol. The summed E-state index contributed by atoms with van der Waals surface area (Å²) in [4.78, 5) is 12.4. The molecule has 1 aliphatic carbocycles. The van der Waals surface area contributed by atoms with Gasteiger partial charge in [-0.05, 0) is 12.8 Å². The number of rotatable bonds is 3. The summed E-state index contributed by atoms with van der Waals surface area (Å²) < 4.78 is 0. The van der Waals surface area contributed by atoms with Crippen LogP contribution in [0.3, 0.4) is 0 Å². The first-order chi connectivity index (χ1) is 6.12. The summed E-state index contributed by atoms with van der Waals surface area (Å²) in [5, 5.41) is 20.0. The average molecular weight is 186 g/mol. The molecule has 0 bridgehead atoms. The van der Waals surface area contributed by atoms with Crippen molar-refractivity contribution >= 4 is 6.09 Å². The minimum atomic E-state index is -0.965. The molecular weight excluding hydrogens is 172 g/mol. The van der Waals surface area contributed by atoms with Gasteiger partial charge in [-0.25, -0.2) is 4.79 Å². The Labute approximate surface area is 76.3 Å². The Morgan fingerprint density at radius 3 is 2.54 bits per heavy atom. The second kappa shape index (κ2) is 2.85. The molecule has 0 aromatic rings. The molecule has 1 amide bonds. The third kappa shape index (κ3) is 1.62. The Hall–Kier alpha value is -0.810. The van der Waals surface area contributed by atoms with Crippen molar-refractivity contribution < 1.29 is 15.0 Å². The van der Waals surface area contributed by atoms with E-state index in [4.69, 9.17) is 10.2 Å². The van der Waals surface area contributed by atoms with Gasteiger partial charge in [-0.3, -0.25) is 4.90 Å². The minimum Gasteiger partial charge on any atom is -0.465 e. The molecule has 0 radical (unpaired) electrons. The second-order valence-electron chi connectivity index (χ2n) is 3.94. The lowest BCUT2D eigenvalue weighted by atomic mass is 10.1. The van der Waals surface area contributed by atoms with Crippen molar-refractivity contribution in [2.45, 2.75) is 24.5 Å². The molecule has 0 spiro atoms.